The van der Waals surface area contributed by atoms with Crippen LogP contribution in [0, 0.1) is 11.3 Å². The molecule has 6 nitrogen and oxygen atoms in total. The van der Waals surface area contributed by atoms with Crippen LogP contribution < -0.4 is 5.32 Å². The van der Waals surface area contributed by atoms with Gasteiger partial charge in [0.05, 0.1) is 18.0 Å². The maximum Gasteiger partial charge on any atom is 0.471 e. The van der Waals surface area contributed by atoms with Crippen molar-refractivity contribution in [2.75, 3.05) is 13.1 Å². The van der Waals surface area contributed by atoms with Crippen LogP contribution in [0.4, 0.5) is 18.0 Å². The van der Waals surface area contributed by atoms with Crippen molar-refractivity contribution < 1.29 is 27.5 Å². The van der Waals surface area contributed by atoms with E-state index in [1.54, 1.807) is 26.8 Å². The van der Waals surface area contributed by atoms with Crippen LogP contribution >= 0.6 is 0 Å². The average molecular weight is 335 g/mol. The molecule has 1 rings (SSSR count). The number of hydrogen-bond acceptors (Lipinski definition) is 4. The van der Waals surface area contributed by atoms with Gasteiger partial charge in [0.15, 0.2) is 0 Å². The van der Waals surface area contributed by atoms with Crippen molar-refractivity contribution in [3.63, 3.8) is 0 Å². The molecule has 0 spiro atoms. The molecule has 1 aliphatic heterocycles. The molecule has 0 aromatic rings. The van der Waals surface area contributed by atoms with Gasteiger partial charge in [0.2, 0.25) is 0 Å². The van der Waals surface area contributed by atoms with E-state index in [1.807, 2.05) is 5.32 Å². The normalized spacial score (nSPS) is 22.2. The number of nitrogens with one attached hydrogen (secondary N) is 1. The predicted octanol–water partition coefficient (Wildman–Crippen LogP) is 2.35. The van der Waals surface area contributed by atoms with Gasteiger partial charge in [-0.05, 0) is 33.6 Å². The number of likely N-dealkylation sites (tertiary alicyclic amines) is 1. The van der Waals surface area contributed by atoms with E-state index in [9.17, 15) is 22.8 Å². The van der Waals surface area contributed by atoms with Crippen LogP contribution in [0.5, 0.6) is 0 Å². The SMILES string of the molecule is CC(C)(C)OC(=O)N1CCCC(CC#N)(NC(=O)C(F)(F)F)C1. The highest BCUT2D eigenvalue weighted by Crippen LogP contribution is 2.27. The Hall–Kier alpha value is -1.98. The predicted molar refractivity (Wildman–Crippen MR) is 74.2 cm³/mol. The van der Waals surface area contributed by atoms with Gasteiger partial charge in [0.1, 0.15) is 5.60 Å². The van der Waals surface area contributed by atoms with E-state index in [1.165, 1.54) is 4.90 Å². The number of piperidine rings is 1. The van der Waals surface area contributed by atoms with Crippen LogP contribution in [0.25, 0.3) is 0 Å². The first-order chi connectivity index (χ1) is 10.4. The van der Waals surface area contributed by atoms with Gasteiger partial charge in [-0.1, -0.05) is 0 Å². The molecule has 130 valence electrons. The molecule has 1 fully saturated rings. The van der Waals surface area contributed by atoms with Gasteiger partial charge < -0.3 is 15.0 Å². The van der Waals surface area contributed by atoms with Crippen molar-refractivity contribution in [3.05, 3.63) is 0 Å². The monoisotopic (exact) mass is 335 g/mol. The van der Waals surface area contributed by atoms with Crippen LogP contribution in [0.1, 0.15) is 40.0 Å². The molecule has 0 aromatic carbocycles. The Morgan fingerprint density at radius 3 is 2.43 bits per heavy atom. The number of nitrogens with zero attached hydrogens (tertiary/aromatic N) is 2. The van der Waals surface area contributed by atoms with Gasteiger partial charge in [-0.2, -0.15) is 18.4 Å². The molecular formula is C14H20F3N3O3. The van der Waals surface area contributed by atoms with Gasteiger partial charge in [0.25, 0.3) is 0 Å². The summed E-state index contributed by atoms with van der Waals surface area (Å²) in [5.41, 5.74) is -2.17. The summed E-state index contributed by atoms with van der Waals surface area (Å²) in [5, 5.41) is 10.8. The second-order valence-corrected chi connectivity index (χ2v) is 6.57. The number of carbonyl (C=O) groups is 2. The van der Waals surface area contributed by atoms with Crippen molar-refractivity contribution in [3.8, 4) is 6.07 Å². The van der Waals surface area contributed by atoms with Crippen molar-refractivity contribution in [1.29, 1.82) is 5.26 Å². The van der Waals surface area contributed by atoms with Crippen LogP contribution in [-0.4, -0.2) is 47.3 Å². The second-order valence-electron chi connectivity index (χ2n) is 6.57. The number of nitriles is 1. The third-order valence-corrected chi connectivity index (χ3v) is 3.28. The summed E-state index contributed by atoms with van der Waals surface area (Å²) in [5.74, 6) is -2.11. The van der Waals surface area contributed by atoms with Gasteiger partial charge >= 0.3 is 18.2 Å². The van der Waals surface area contributed by atoms with E-state index in [0.717, 1.165) is 0 Å². The molecule has 0 aromatic heterocycles. The van der Waals surface area contributed by atoms with Crippen LogP contribution in [0.15, 0.2) is 0 Å². The Morgan fingerprint density at radius 2 is 1.96 bits per heavy atom. The van der Waals surface area contributed by atoms with E-state index >= 15 is 0 Å². The molecule has 0 radical (unpaired) electrons. The summed E-state index contributed by atoms with van der Waals surface area (Å²) in [6, 6.07) is 1.78. The molecular weight excluding hydrogens is 315 g/mol. The number of halogens is 3. The molecule has 0 bridgehead atoms. The smallest absolute Gasteiger partial charge is 0.444 e. The van der Waals surface area contributed by atoms with Crippen LogP contribution in [0.3, 0.4) is 0 Å². The van der Waals surface area contributed by atoms with Crippen molar-refractivity contribution in [1.82, 2.24) is 10.2 Å². The van der Waals surface area contributed by atoms with E-state index < -0.39 is 29.3 Å². The van der Waals surface area contributed by atoms with Crippen molar-refractivity contribution >= 4 is 12.0 Å². The largest absolute Gasteiger partial charge is 0.471 e. The quantitative estimate of drug-likeness (QED) is 0.840. The lowest BCUT2D eigenvalue weighted by molar-refractivity contribution is -0.176. The van der Waals surface area contributed by atoms with E-state index in [2.05, 4.69) is 0 Å². The molecule has 0 saturated carbocycles. The Labute approximate surface area is 132 Å². The summed E-state index contributed by atoms with van der Waals surface area (Å²) < 4.78 is 42.7. The van der Waals surface area contributed by atoms with Gasteiger partial charge in [-0.15, -0.1) is 0 Å². The van der Waals surface area contributed by atoms with Crippen LogP contribution in [0.2, 0.25) is 0 Å². The summed E-state index contributed by atoms with van der Waals surface area (Å²) in [4.78, 5) is 24.5. The number of hydrogen-bond donors (Lipinski definition) is 1. The summed E-state index contributed by atoms with van der Waals surface area (Å²) >= 11 is 0. The highest BCUT2D eigenvalue weighted by molar-refractivity contribution is 5.82. The highest BCUT2D eigenvalue weighted by Gasteiger charge is 2.46. The Balaban J connectivity index is 2.90. The molecule has 0 aliphatic carbocycles. The zero-order valence-corrected chi connectivity index (χ0v) is 13.3. The fourth-order valence-corrected chi connectivity index (χ4v) is 2.37. The molecule has 1 saturated heterocycles. The highest BCUT2D eigenvalue weighted by atomic mass is 19.4. The minimum Gasteiger partial charge on any atom is -0.444 e. The lowest BCUT2D eigenvalue weighted by Gasteiger charge is -2.42. The molecule has 1 N–H and O–H groups in total. The third kappa shape index (κ3) is 5.62. The molecule has 23 heavy (non-hydrogen) atoms. The number of carbonyl (C=O) groups excluding carboxylic acids is 2. The second kappa shape index (κ2) is 6.64. The zero-order valence-electron chi connectivity index (χ0n) is 13.3. The van der Waals surface area contributed by atoms with Crippen molar-refractivity contribution in [2.24, 2.45) is 0 Å². The lowest BCUT2D eigenvalue weighted by Crippen LogP contribution is -2.61. The van der Waals surface area contributed by atoms with E-state index in [0.29, 0.717) is 13.0 Å². The van der Waals surface area contributed by atoms with Gasteiger partial charge in [0, 0.05) is 13.1 Å². The van der Waals surface area contributed by atoms with Crippen molar-refractivity contribution in [2.45, 2.75) is 57.3 Å². The number of alkyl halides is 3. The standard InChI is InChI=1S/C14H20F3N3O3/c1-12(2,3)23-11(22)20-8-4-5-13(9-20,6-7-18)19-10(21)14(15,16)17/h4-6,8-9H2,1-3H3,(H,19,21). The van der Waals surface area contributed by atoms with Gasteiger partial charge in [-0.3, -0.25) is 4.79 Å². The Morgan fingerprint density at radius 1 is 1.35 bits per heavy atom. The lowest BCUT2D eigenvalue weighted by atomic mass is 9.86. The average Bonchev–Trinajstić information content (AvgIpc) is 2.36. The topological polar surface area (TPSA) is 82.4 Å². The molecule has 9 heteroatoms. The number of amides is 2. The van der Waals surface area contributed by atoms with E-state index in [4.69, 9.17) is 10.00 Å². The zero-order chi connectivity index (χ0) is 17.9. The summed E-state index contributed by atoms with van der Waals surface area (Å²) in [6.07, 6.45) is -5.51. The number of rotatable bonds is 2. The summed E-state index contributed by atoms with van der Waals surface area (Å²) in [6.45, 7) is 5.11. The molecule has 1 aliphatic rings. The molecule has 1 atom stereocenters. The fourth-order valence-electron chi connectivity index (χ4n) is 2.37. The van der Waals surface area contributed by atoms with E-state index in [-0.39, 0.29) is 19.4 Å². The Kier molecular flexibility index (Phi) is 5.51. The van der Waals surface area contributed by atoms with Gasteiger partial charge in [-0.25, -0.2) is 4.79 Å². The fraction of sp³-hybridized carbons (Fsp3) is 0.786. The first kappa shape index (κ1) is 19.1. The summed E-state index contributed by atoms with van der Waals surface area (Å²) in [7, 11) is 0. The first-order valence-corrected chi connectivity index (χ1v) is 7.13. The minimum atomic E-state index is -5.04. The Bertz CT molecular complexity index is 508. The maximum atomic E-state index is 12.5. The molecule has 1 unspecified atom stereocenters. The molecule has 2 amide bonds. The third-order valence-electron chi connectivity index (χ3n) is 3.28. The maximum absolute atomic E-state index is 12.5. The first-order valence-electron chi connectivity index (χ1n) is 7.13. The minimum absolute atomic E-state index is 0.182. The molecule has 1 heterocycles. The van der Waals surface area contributed by atoms with Crippen LogP contribution in [-0.2, 0) is 9.53 Å². The number of ether oxygens (including phenoxy) is 1.